The zero-order valence-corrected chi connectivity index (χ0v) is 10.7. The van der Waals surface area contributed by atoms with E-state index in [-0.39, 0.29) is 11.7 Å². The molecule has 1 unspecified atom stereocenters. The maximum absolute atomic E-state index is 11.7. The predicted octanol–water partition coefficient (Wildman–Crippen LogP) is 1.91. The first kappa shape index (κ1) is 12.6. The minimum absolute atomic E-state index is 0.0183. The maximum atomic E-state index is 11.7. The lowest BCUT2D eigenvalue weighted by atomic mass is 9.91. The highest BCUT2D eigenvalue weighted by Gasteiger charge is 2.21. The van der Waals surface area contributed by atoms with Gasteiger partial charge in [0.25, 0.3) is 0 Å². The van der Waals surface area contributed by atoms with Gasteiger partial charge in [0.2, 0.25) is 0 Å². The molecule has 0 spiro atoms. The minimum atomic E-state index is 0.0183. The molecule has 0 aromatic heterocycles. The quantitative estimate of drug-likeness (QED) is 0.816. The summed E-state index contributed by atoms with van der Waals surface area (Å²) in [5.41, 5.74) is 1.03. The van der Waals surface area contributed by atoms with Crippen molar-refractivity contribution in [2.45, 2.75) is 12.8 Å². The van der Waals surface area contributed by atoms with Crippen LogP contribution in [0.3, 0.4) is 0 Å². The number of benzene rings is 1. The van der Waals surface area contributed by atoms with Gasteiger partial charge in [-0.1, -0.05) is 6.07 Å². The van der Waals surface area contributed by atoms with Gasteiger partial charge in [-0.3, -0.25) is 9.79 Å². The van der Waals surface area contributed by atoms with Crippen molar-refractivity contribution in [3.8, 4) is 11.5 Å². The first-order chi connectivity index (χ1) is 8.74. The fraction of sp³-hybridized carbons (Fsp3) is 0.429. The van der Waals surface area contributed by atoms with E-state index >= 15 is 0 Å². The molecule has 1 aromatic carbocycles. The summed E-state index contributed by atoms with van der Waals surface area (Å²) >= 11 is 0. The van der Waals surface area contributed by atoms with Crippen LogP contribution < -0.4 is 9.47 Å². The molecule has 2 rings (SSSR count). The van der Waals surface area contributed by atoms with E-state index in [1.807, 2.05) is 18.2 Å². The van der Waals surface area contributed by atoms with Crippen molar-refractivity contribution < 1.29 is 14.3 Å². The summed E-state index contributed by atoms with van der Waals surface area (Å²) in [5, 5.41) is 0. The zero-order valence-electron chi connectivity index (χ0n) is 10.7. The number of hydrogen-bond donors (Lipinski definition) is 0. The Bertz CT molecular complexity index is 468. The molecule has 0 bridgehead atoms. The Morgan fingerprint density at radius 2 is 2.17 bits per heavy atom. The molecule has 0 fully saturated rings. The second kappa shape index (κ2) is 5.67. The van der Waals surface area contributed by atoms with Crippen molar-refractivity contribution in [2.75, 3.05) is 20.8 Å². The van der Waals surface area contributed by atoms with Crippen LogP contribution in [0.2, 0.25) is 0 Å². The molecule has 18 heavy (non-hydrogen) atoms. The smallest absolute Gasteiger partial charge is 0.176 e. The summed E-state index contributed by atoms with van der Waals surface area (Å²) < 4.78 is 10.5. The maximum Gasteiger partial charge on any atom is 0.176 e. The monoisotopic (exact) mass is 247 g/mol. The Morgan fingerprint density at radius 1 is 1.33 bits per heavy atom. The summed E-state index contributed by atoms with van der Waals surface area (Å²) in [5.74, 6) is 1.65. The van der Waals surface area contributed by atoms with Crippen molar-refractivity contribution in [2.24, 2.45) is 10.9 Å². The number of rotatable bonds is 4. The molecule has 0 N–H and O–H groups in total. The van der Waals surface area contributed by atoms with Crippen LogP contribution in [0.4, 0.5) is 0 Å². The van der Waals surface area contributed by atoms with E-state index in [9.17, 15) is 4.79 Å². The molecule has 4 nitrogen and oxygen atoms in total. The Kier molecular flexibility index (Phi) is 3.97. The average Bonchev–Trinajstić information content (AvgIpc) is 2.41. The third kappa shape index (κ3) is 2.70. The van der Waals surface area contributed by atoms with Crippen LogP contribution in [0.5, 0.6) is 11.5 Å². The number of Topliss-reactive ketones (excluding diaryl/α,β-unsaturated/α-hetero) is 1. The Labute approximate surface area is 107 Å². The van der Waals surface area contributed by atoms with E-state index < -0.39 is 0 Å². The average molecular weight is 247 g/mol. The van der Waals surface area contributed by atoms with Crippen molar-refractivity contribution in [3.05, 3.63) is 23.8 Å². The van der Waals surface area contributed by atoms with Crippen LogP contribution >= 0.6 is 0 Å². The third-order valence-corrected chi connectivity index (χ3v) is 3.19. The number of hydrogen-bond acceptors (Lipinski definition) is 4. The zero-order chi connectivity index (χ0) is 13.0. The molecule has 1 aliphatic heterocycles. The fourth-order valence-electron chi connectivity index (χ4n) is 2.12. The molecule has 0 amide bonds. The highest BCUT2D eigenvalue weighted by atomic mass is 16.5. The van der Waals surface area contributed by atoms with Crippen molar-refractivity contribution >= 4 is 12.0 Å². The topological polar surface area (TPSA) is 47.9 Å². The van der Waals surface area contributed by atoms with Gasteiger partial charge in [-0.2, -0.15) is 0 Å². The molecule has 96 valence electrons. The Morgan fingerprint density at radius 3 is 2.83 bits per heavy atom. The van der Waals surface area contributed by atoms with E-state index in [2.05, 4.69) is 4.99 Å². The van der Waals surface area contributed by atoms with Gasteiger partial charge in [0.1, 0.15) is 11.5 Å². The Balaban J connectivity index is 2.18. The van der Waals surface area contributed by atoms with E-state index in [0.717, 1.165) is 30.0 Å². The molecular weight excluding hydrogens is 230 g/mol. The van der Waals surface area contributed by atoms with E-state index in [4.69, 9.17) is 9.47 Å². The van der Waals surface area contributed by atoms with Crippen molar-refractivity contribution in [1.29, 1.82) is 0 Å². The number of carbonyl (C=O) groups excluding carboxylic acids is 1. The number of ether oxygens (including phenoxy) is 2. The van der Waals surface area contributed by atoms with E-state index in [1.165, 1.54) is 6.21 Å². The molecular formula is C14H17NO3. The van der Waals surface area contributed by atoms with Gasteiger partial charge in [0.15, 0.2) is 5.78 Å². The van der Waals surface area contributed by atoms with Crippen LogP contribution in [-0.4, -0.2) is 32.8 Å². The van der Waals surface area contributed by atoms with Crippen LogP contribution in [0.25, 0.3) is 0 Å². The first-order valence-corrected chi connectivity index (χ1v) is 5.99. The number of carbonyl (C=O) groups is 1. The van der Waals surface area contributed by atoms with Crippen LogP contribution in [-0.2, 0) is 11.2 Å². The first-order valence-electron chi connectivity index (χ1n) is 5.99. The van der Waals surface area contributed by atoms with Gasteiger partial charge >= 0.3 is 0 Å². The molecule has 1 atom stereocenters. The second-order valence-electron chi connectivity index (χ2n) is 4.31. The number of ketones is 1. The third-order valence-electron chi connectivity index (χ3n) is 3.19. The lowest BCUT2D eigenvalue weighted by Crippen LogP contribution is -2.23. The van der Waals surface area contributed by atoms with E-state index in [1.54, 1.807) is 14.2 Å². The number of nitrogens with zero attached hydrogens (tertiary/aromatic N) is 1. The van der Waals surface area contributed by atoms with Crippen molar-refractivity contribution in [1.82, 2.24) is 0 Å². The Hall–Kier alpha value is -1.84. The lowest BCUT2D eigenvalue weighted by molar-refractivity contribution is -0.116. The highest BCUT2D eigenvalue weighted by Crippen LogP contribution is 2.28. The summed E-state index contributed by atoms with van der Waals surface area (Å²) in [7, 11) is 3.25. The number of methoxy groups -OCH3 is 2. The summed E-state index contributed by atoms with van der Waals surface area (Å²) in [6.45, 7) is 0.731. The molecule has 1 aromatic rings. The van der Waals surface area contributed by atoms with Gasteiger partial charge in [0.05, 0.1) is 20.4 Å². The van der Waals surface area contributed by atoms with Gasteiger partial charge in [-0.15, -0.1) is 0 Å². The van der Waals surface area contributed by atoms with Gasteiger partial charge in [-0.05, 0) is 24.5 Å². The standard InChI is InChI=1S/C14H17NO3/c1-17-12-4-3-11(14(8-12)18-2)7-10-5-6-15-9-13(10)16/h3-4,8-10H,5-7H2,1-2H3. The molecule has 0 saturated carbocycles. The van der Waals surface area contributed by atoms with Gasteiger partial charge in [0, 0.05) is 18.5 Å². The van der Waals surface area contributed by atoms with Crippen LogP contribution in [0.1, 0.15) is 12.0 Å². The van der Waals surface area contributed by atoms with Crippen molar-refractivity contribution in [3.63, 3.8) is 0 Å². The predicted molar refractivity (Wildman–Crippen MR) is 69.7 cm³/mol. The molecule has 1 heterocycles. The van der Waals surface area contributed by atoms with E-state index in [0.29, 0.717) is 6.42 Å². The SMILES string of the molecule is COc1ccc(CC2CCN=CC2=O)c(OC)c1. The molecule has 0 saturated heterocycles. The lowest BCUT2D eigenvalue weighted by Gasteiger charge is -2.18. The fourth-order valence-corrected chi connectivity index (χ4v) is 2.12. The minimum Gasteiger partial charge on any atom is -0.497 e. The van der Waals surface area contributed by atoms with Crippen LogP contribution in [0, 0.1) is 5.92 Å². The largest absolute Gasteiger partial charge is 0.497 e. The highest BCUT2D eigenvalue weighted by molar-refractivity contribution is 6.28. The number of aliphatic imine (C=N–C) groups is 1. The molecule has 0 radical (unpaired) electrons. The normalized spacial score (nSPS) is 18.8. The van der Waals surface area contributed by atoms with Gasteiger partial charge in [-0.25, -0.2) is 0 Å². The van der Waals surface area contributed by atoms with Gasteiger partial charge < -0.3 is 9.47 Å². The summed E-state index contributed by atoms with van der Waals surface area (Å²) in [4.78, 5) is 15.7. The molecule has 4 heteroatoms. The molecule has 1 aliphatic rings. The summed E-state index contributed by atoms with van der Waals surface area (Å²) in [6, 6.07) is 5.69. The second-order valence-corrected chi connectivity index (χ2v) is 4.31. The summed E-state index contributed by atoms with van der Waals surface area (Å²) in [6.07, 6.45) is 2.95. The molecule has 0 aliphatic carbocycles. The van der Waals surface area contributed by atoms with Crippen LogP contribution in [0.15, 0.2) is 23.2 Å².